The Morgan fingerprint density at radius 3 is 2.83 bits per heavy atom. The van der Waals surface area contributed by atoms with E-state index in [1.165, 1.54) is 11.3 Å². The van der Waals surface area contributed by atoms with Gasteiger partial charge in [-0.3, -0.25) is 4.79 Å². The van der Waals surface area contributed by atoms with Crippen molar-refractivity contribution in [1.29, 1.82) is 0 Å². The van der Waals surface area contributed by atoms with E-state index in [2.05, 4.69) is 16.9 Å². The number of hydrogen-bond acceptors (Lipinski definition) is 4. The van der Waals surface area contributed by atoms with Crippen molar-refractivity contribution in [3.8, 4) is 0 Å². The third kappa shape index (κ3) is 2.67. The number of Topliss-reactive ketones (excluding diaryl/α,β-unsaturated/α-hetero) is 1. The van der Waals surface area contributed by atoms with Crippen LogP contribution in [0.4, 0.5) is 0 Å². The van der Waals surface area contributed by atoms with Gasteiger partial charge in [0.2, 0.25) is 0 Å². The molecule has 96 valence electrons. The predicted octanol–water partition coefficient (Wildman–Crippen LogP) is 2.79. The van der Waals surface area contributed by atoms with Gasteiger partial charge in [0.05, 0.1) is 22.0 Å². The van der Waals surface area contributed by atoms with Crippen LogP contribution in [0.1, 0.15) is 39.5 Å². The molecule has 0 aromatic carbocycles. The van der Waals surface area contributed by atoms with E-state index in [9.17, 15) is 4.79 Å². The lowest BCUT2D eigenvalue weighted by atomic mass is 10.2. The molecule has 2 heterocycles. The minimum Gasteiger partial charge on any atom is -0.335 e. The molecule has 0 saturated carbocycles. The van der Waals surface area contributed by atoms with Crippen molar-refractivity contribution < 1.29 is 4.79 Å². The van der Waals surface area contributed by atoms with Crippen LogP contribution in [0.3, 0.4) is 0 Å². The summed E-state index contributed by atoms with van der Waals surface area (Å²) >= 11 is 1.47. The van der Waals surface area contributed by atoms with E-state index < -0.39 is 0 Å². The van der Waals surface area contributed by atoms with Gasteiger partial charge >= 0.3 is 0 Å². The van der Waals surface area contributed by atoms with Crippen LogP contribution in [-0.2, 0) is 13.0 Å². The van der Waals surface area contributed by atoms with Gasteiger partial charge < -0.3 is 4.57 Å². The lowest BCUT2D eigenvalue weighted by Gasteiger charge is -2.04. The standard InChI is InChI=1S/C13H17N3OS/c1-4-6-16-7-5-14-12(16)8-11(17)13-9(2)15-10(3)18-13/h5,7H,4,6,8H2,1-3H3. The second-order valence-corrected chi connectivity index (χ2v) is 5.49. The molecule has 0 aliphatic rings. The van der Waals surface area contributed by atoms with E-state index >= 15 is 0 Å². The first kappa shape index (κ1) is 13.0. The number of thiazole rings is 1. The average molecular weight is 263 g/mol. The van der Waals surface area contributed by atoms with Crippen LogP contribution in [0.5, 0.6) is 0 Å². The Balaban J connectivity index is 2.16. The van der Waals surface area contributed by atoms with Crippen LogP contribution >= 0.6 is 11.3 Å². The zero-order valence-electron chi connectivity index (χ0n) is 10.9. The Labute approximate surface area is 111 Å². The lowest BCUT2D eigenvalue weighted by Crippen LogP contribution is -2.10. The van der Waals surface area contributed by atoms with Crippen LogP contribution in [0.15, 0.2) is 12.4 Å². The molecule has 0 radical (unpaired) electrons. The number of hydrogen-bond donors (Lipinski definition) is 0. The van der Waals surface area contributed by atoms with Crippen molar-refractivity contribution in [1.82, 2.24) is 14.5 Å². The molecule has 0 N–H and O–H groups in total. The molecule has 0 bridgehead atoms. The fourth-order valence-electron chi connectivity index (χ4n) is 1.97. The van der Waals surface area contributed by atoms with Crippen molar-refractivity contribution in [3.05, 3.63) is 33.8 Å². The molecule has 5 heteroatoms. The Hall–Kier alpha value is -1.49. The maximum Gasteiger partial charge on any atom is 0.182 e. The van der Waals surface area contributed by atoms with Gasteiger partial charge in [0.1, 0.15) is 5.82 Å². The Morgan fingerprint density at radius 1 is 1.44 bits per heavy atom. The maximum atomic E-state index is 12.2. The van der Waals surface area contributed by atoms with E-state index in [4.69, 9.17) is 0 Å². The molecule has 4 nitrogen and oxygen atoms in total. The first-order valence-corrected chi connectivity index (χ1v) is 6.90. The van der Waals surface area contributed by atoms with Gasteiger partial charge in [-0.1, -0.05) is 6.92 Å². The lowest BCUT2D eigenvalue weighted by molar-refractivity contribution is 0.0993. The fourth-order valence-corrected chi connectivity index (χ4v) is 2.82. The summed E-state index contributed by atoms with van der Waals surface area (Å²) in [5.74, 6) is 0.953. The number of ketones is 1. The monoisotopic (exact) mass is 263 g/mol. The molecular formula is C13H17N3OS. The van der Waals surface area contributed by atoms with Crippen molar-refractivity contribution in [2.75, 3.05) is 0 Å². The molecule has 0 aliphatic carbocycles. The Morgan fingerprint density at radius 2 is 2.22 bits per heavy atom. The summed E-state index contributed by atoms with van der Waals surface area (Å²) in [4.78, 5) is 21.5. The zero-order valence-corrected chi connectivity index (χ0v) is 11.8. The summed E-state index contributed by atoms with van der Waals surface area (Å²) in [5, 5.41) is 0.938. The van der Waals surface area contributed by atoms with E-state index in [-0.39, 0.29) is 5.78 Å². The number of rotatable bonds is 5. The molecule has 0 fully saturated rings. The predicted molar refractivity (Wildman–Crippen MR) is 72.1 cm³/mol. The SMILES string of the molecule is CCCn1ccnc1CC(=O)c1sc(C)nc1C. The minimum absolute atomic E-state index is 0.113. The summed E-state index contributed by atoms with van der Waals surface area (Å²) in [7, 11) is 0. The molecule has 0 amide bonds. The van der Waals surface area contributed by atoms with E-state index in [1.54, 1.807) is 6.20 Å². The average Bonchev–Trinajstić information content (AvgIpc) is 2.87. The van der Waals surface area contributed by atoms with E-state index in [0.29, 0.717) is 6.42 Å². The van der Waals surface area contributed by atoms with Crippen LogP contribution in [0.25, 0.3) is 0 Å². The molecule has 0 aliphatic heterocycles. The second kappa shape index (κ2) is 5.44. The number of imidazole rings is 1. The number of aryl methyl sites for hydroxylation is 3. The molecule has 0 unspecified atom stereocenters. The third-order valence-electron chi connectivity index (χ3n) is 2.74. The maximum absolute atomic E-state index is 12.2. The normalized spacial score (nSPS) is 10.8. The number of carbonyl (C=O) groups is 1. The Bertz CT molecular complexity index is 556. The summed E-state index contributed by atoms with van der Waals surface area (Å²) in [5.41, 5.74) is 0.830. The molecule has 2 rings (SSSR count). The van der Waals surface area contributed by atoms with Crippen LogP contribution in [0.2, 0.25) is 0 Å². The summed E-state index contributed by atoms with van der Waals surface area (Å²) in [6, 6.07) is 0. The highest BCUT2D eigenvalue weighted by atomic mass is 32.1. The van der Waals surface area contributed by atoms with E-state index in [0.717, 1.165) is 34.4 Å². The van der Waals surface area contributed by atoms with E-state index in [1.807, 2.05) is 24.6 Å². The van der Waals surface area contributed by atoms with Gasteiger partial charge in [0.15, 0.2) is 5.78 Å². The van der Waals surface area contributed by atoms with Gasteiger partial charge in [-0.2, -0.15) is 0 Å². The first-order valence-electron chi connectivity index (χ1n) is 6.09. The smallest absolute Gasteiger partial charge is 0.182 e. The number of carbonyl (C=O) groups excluding carboxylic acids is 1. The molecule has 0 spiro atoms. The molecule has 0 atom stereocenters. The van der Waals surface area contributed by atoms with Crippen molar-refractivity contribution >= 4 is 17.1 Å². The minimum atomic E-state index is 0.113. The van der Waals surface area contributed by atoms with Gasteiger partial charge in [-0.15, -0.1) is 11.3 Å². The summed E-state index contributed by atoms with van der Waals surface area (Å²) < 4.78 is 2.04. The number of aromatic nitrogens is 3. The molecule has 2 aromatic heterocycles. The number of nitrogens with zero attached hydrogens (tertiary/aromatic N) is 3. The highest BCUT2D eigenvalue weighted by Gasteiger charge is 2.16. The van der Waals surface area contributed by atoms with Crippen molar-refractivity contribution in [2.45, 2.75) is 40.2 Å². The van der Waals surface area contributed by atoms with Crippen LogP contribution in [-0.4, -0.2) is 20.3 Å². The highest BCUT2D eigenvalue weighted by molar-refractivity contribution is 7.13. The zero-order chi connectivity index (χ0) is 13.1. The second-order valence-electron chi connectivity index (χ2n) is 4.28. The van der Waals surface area contributed by atoms with Gasteiger partial charge in [0.25, 0.3) is 0 Å². The largest absolute Gasteiger partial charge is 0.335 e. The fraction of sp³-hybridized carbons (Fsp3) is 0.462. The molecular weight excluding hydrogens is 246 g/mol. The third-order valence-corrected chi connectivity index (χ3v) is 3.86. The van der Waals surface area contributed by atoms with Crippen LogP contribution in [0, 0.1) is 13.8 Å². The summed E-state index contributed by atoms with van der Waals surface area (Å²) in [6.07, 6.45) is 5.08. The van der Waals surface area contributed by atoms with Crippen molar-refractivity contribution in [2.24, 2.45) is 0 Å². The summed E-state index contributed by atoms with van der Waals surface area (Å²) in [6.45, 7) is 6.83. The molecule has 0 saturated heterocycles. The molecule has 2 aromatic rings. The van der Waals surface area contributed by atoms with Gasteiger partial charge in [-0.05, 0) is 20.3 Å². The Kier molecular flexibility index (Phi) is 3.91. The van der Waals surface area contributed by atoms with Crippen molar-refractivity contribution in [3.63, 3.8) is 0 Å². The molecule has 18 heavy (non-hydrogen) atoms. The highest BCUT2D eigenvalue weighted by Crippen LogP contribution is 2.19. The quantitative estimate of drug-likeness (QED) is 0.779. The van der Waals surface area contributed by atoms with Crippen LogP contribution < -0.4 is 0 Å². The van der Waals surface area contributed by atoms with Gasteiger partial charge in [0, 0.05) is 18.9 Å². The topological polar surface area (TPSA) is 47.8 Å². The first-order chi connectivity index (χ1) is 8.61. The van der Waals surface area contributed by atoms with Gasteiger partial charge in [-0.25, -0.2) is 9.97 Å².